The second kappa shape index (κ2) is 2.98. The van der Waals surface area contributed by atoms with Crippen molar-refractivity contribution in [3.8, 4) is 11.3 Å². The van der Waals surface area contributed by atoms with Gasteiger partial charge in [0.1, 0.15) is 0 Å². The van der Waals surface area contributed by atoms with Gasteiger partial charge in [-0.25, -0.2) is 0 Å². The van der Waals surface area contributed by atoms with Gasteiger partial charge in [-0.1, -0.05) is 0 Å². The van der Waals surface area contributed by atoms with Gasteiger partial charge in [-0.15, -0.1) is 12.6 Å². The summed E-state index contributed by atoms with van der Waals surface area (Å²) < 4.78 is 0. The summed E-state index contributed by atoms with van der Waals surface area (Å²) in [4.78, 5) is 3.99. The van der Waals surface area contributed by atoms with Crippen molar-refractivity contribution in [1.29, 1.82) is 0 Å². The Morgan fingerprint density at radius 3 is 2.92 bits per heavy atom. The molecule has 1 N–H and O–H groups in total. The molecule has 0 aliphatic rings. The number of nitrogens with zero attached hydrogens (tertiary/aromatic N) is 2. The van der Waals surface area contributed by atoms with Gasteiger partial charge in [0.2, 0.25) is 0 Å². The molecular formula is C8H7N3S. The number of hydrogen-bond acceptors (Lipinski definition) is 3. The molecule has 0 fully saturated rings. The number of aromatic amines is 1. The van der Waals surface area contributed by atoms with Crippen LogP contribution in [0.2, 0.25) is 0 Å². The van der Waals surface area contributed by atoms with Gasteiger partial charge in [0.25, 0.3) is 0 Å². The second-order valence-corrected chi connectivity index (χ2v) is 2.86. The number of H-pyrrole nitrogens is 1. The molecule has 2 heterocycles. The van der Waals surface area contributed by atoms with Crippen LogP contribution in [0.15, 0.2) is 35.6 Å². The van der Waals surface area contributed by atoms with Crippen molar-refractivity contribution >= 4 is 12.6 Å². The molecule has 2 rings (SSSR count). The lowest BCUT2D eigenvalue weighted by molar-refractivity contribution is 1.01. The van der Waals surface area contributed by atoms with Crippen LogP contribution in [-0.4, -0.2) is 15.2 Å². The van der Waals surface area contributed by atoms with Crippen LogP contribution >= 0.6 is 12.6 Å². The highest BCUT2D eigenvalue weighted by Crippen LogP contribution is 2.16. The molecule has 60 valence electrons. The summed E-state index contributed by atoms with van der Waals surface area (Å²) in [7, 11) is 0. The van der Waals surface area contributed by atoms with E-state index in [1.165, 1.54) is 0 Å². The van der Waals surface area contributed by atoms with E-state index in [4.69, 9.17) is 0 Å². The molecule has 0 spiro atoms. The Balaban J connectivity index is 2.45. The first-order valence-electron chi connectivity index (χ1n) is 3.51. The van der Waals surface area contributed by atoms with E-state index in [9.17, 15) is 0 Å². The standard InChI is InChI=1S/C8H7N3S/c12-8-4-7(10-11-8)6-2-1-3-9-5-6/h1-5H,(H2,10,11,12). The predicted octanol–water partition coefficient (Wildman–Crippen LogP) is 1.76. The Labute approximate surface area is 75.3 Å². The highest BCUT2D eigenvalue weighted by Gasteiger charge is 1.99. The summed E-state index contributed by atoms with van der Waals surface area (Å²) in [6.07, 6.45) is 3.50. The molecule has 2 aromatic heterocycles. The number of pyridine rings is 1. The van der Waals surface area contributed by atoms with Gasteiger partial charge in [0, 0.05) is 18.0 Å². The monoisotopic (exact) mass is 177 g/mol. The molecule has 0 aromatic carbocycles. The maximum absolute atomic E-state index is 4.12. The Hall–Kier alpha value is -1.29. The number of nitrogens with one attached hydrogen (secondary N) is 1. The molecule has 3 nitrogen and oxygen atoms in total. The Morgan fingerprint density at radius 2 is 2.33 bits per heavy atom. The van der Waals surface area contributed by atoms with E-state index < -0.39 is 0 Å². The van der Waals surface area contributed by atoms with Gasteiger partial charge in [-0.2, -0.15) is 5.10 Å². The molecular weight excluding hydrogens is 170 g/mol. The number of thiol groups is 1. The lowest BCUT2D eigenvalue weighted by Crippen LogP contribution is -1.77. The molecule has 0 unspecified atom stereocenters. The minimum absolute atomic E-state index is 0.758. The van der Waals surface area contributed by atoms with Gasteiger partial charge < -0.3 is 0 Å². The zero-order valence-corrected chi connectivity index (χ0v) is 7.12. The van der Waals surface area contributed by atoms with E-state index >= 15 is 0 Å². The van der Waals surface area contributed by atoms with Crippen LogP contribution in [0.25, 0.3) is 11.3 Å². The van der Waals surface area contributed by atoms with Crippen molar-refractivity contribution < 1.29 is 0 Å². The average molecular weight is 177 g/mol. The van der Waals surface area contributed by atoms with E-state index in [2.05, 4.69) is 27.8 Å². The van der Waals surface area contributed by atoms with E-state index in [1.54, 1.807) is 12.4 Å². The summed E-state index contributed by atoms with van der Waals surface area (Å²) in [5, 5.41) is 7.56. The van der Waals surface area contributed by atoms with E-state index in [0.717, 1.165) is 16.3 Å². The zero-order valence-electron chi connectivity index (χ0n) is 6.23. The molecule has 0 amide bonds. The molecule has 0 saturated heterocycles. The quantitative estimate of drug-likeness (QED) is 0.652. The van der Waals surface area contributed by atoms with Gasteiger partial charge in [0.05, 0.1) is 10.7 Å². The maximum Gasteiger partial charge on any atom is 0.0947 e. The lowest BCUT2D eigenvalue weighted by atomic mass is 10.2. The fourth-order valence-corrected chi connectivity index (χ4v) is 1.15. The van der Waals surface area contributed by atoms with Crippen LogP contribution in [0, 0.1) is 0 Å². The maximum atomic E-state index is 4.12. The molecule has 4 heteroatoms. The number of rotatable bonds is 1. The molecule has 0 radical (unpaired) electrons. The van der Waals surface area contributed by atoms with Crippen molar-refractivity contribution in [2.24, 2.45) is 0 Å². The summed E-state index contributed by atoms with van der Waals surface area (Å²) >= 11 is 4.12. The SMILES string of the molecule is Sc1cc(-c2cccnc2)n[nH]1. The second-order valence-electron chi connectivity index (χ2n) is 2.38. The molecule has 0 saturated carbocycles. The average Bonchev–Trinajstić information content (AvgIpc) is 2.54. The van der Waals surface area contributed by atoms with Gasteiger partial charge >= 0.3 is 0 Å². The Morgan fingerprint density at radius 1 is 1.42 bits per heavy atom. The third-order valence-corrected chi connectivity index (χ3v) is 1.75. The van der Waals surface area contributed by atoms with Crippen molar-refractivity contribution in [2.75, 3.05) is 0 Å². The fraction of sp³-hybridized carbons (Fsp3) is 0. The van der Waals surface area contributed by atoms with Crippen molar-refractivity contribution in [2.45, 2.75) is 5.03 Å². The van der Waals surface area contributed by atoms with Crippen LogP contribution < -0.4 is 0 Å². The van der Waals surface area contributed by atoms with E-state index in [1.807, 2.05) is 18.2 Å². The summed E-state index contributed by atoms with van der Waals surface area (Å²) in [5.74, 6) is 0. The van der Waals surface area contributed by atoms with Crippen molar-refractivity contribution in [3.63, 3.8) is 0 Å². The van der Waals surface area contributed by atoms with Gasteiger partial charge in [-0.05, 0) is 18.2 Å². The number of aromatic nitrogens is 3. The molecule has 12 heavy (non-hydrogen) atoms. The first kappa shape index (κ1) is 7.36. The highest BCUT2D eigenvalue weighted by atomic mass is 32.1. The summed E-state index contributed by atoms with van der Waals surface area (Å²) in [5.41, 5.74) is 1.86. The third-order valence-electron chi connectivity index (χ3n) is 1.52. The van der Waals surface area contributed by atoms with Crippen LogP contribution in [0.1, 0.15) is 0 Å². The molecule has 0 aliphatic carbocycles. The summed E-state index contributed by atoms with van der Waals surface area (Å²) in [6, 6.07) is 5.69. The third kappa shape index (κ3) is 1.33. The van der Waals surface area contributed by atoms with Crippen LogP contribution in [0.4, 0.5) is 0 Å². The van der Waals surface area contributed by atoms with Crippen molar-refractivity contribution in [1.82, 2.24) is 15.2 Å². The predicted molar refractivity (Wildman–Crippen MR) is 49.1 cm³/mol. The van der Waals surface area contributed by atoms with E-state index in [-0.39, 0.29) is 0 Å². The van der Waals surface area contributed by atoms with Crippen molar-refractivity contribution in [3.05, 3.63) is 30.6 Å². The van der Waals surface area contributed by atoms with Crippen LogP contribution in [-0.2, 0) is 0 Å². The Bertz CT molecular complexity index is 369. The minimum Gasteiger partial charge on any atom is -0.272 e. The normalized spacial score (nSPS) is 10.1. The minimum atomic E-state index is 0.758. The van der Waals surface area contributed by atoms with Gasteiger partial charge in [0.15, 0.2) is 0 Å². The smallest absolute Gasteiger partial charge is 0.0947 e. The van der Waals surface area contributed by atoms with E-state index in [0.29, 0.717) is 0 Å². The highest BCUT2D eigenvalue weighted by molar-refractivity contribution is 7.80. The first-order chi connectivity index (χ1) is 5.86. The molecule has 0 aliphatic heterocycles. The van der Waals surface area contributed by atoms with Gasteiger partial charge in [-0.3, -0.25) is 10.1 Å². The number of hydrogen-bond donors (Lipinski definition) is 2. The Kier molecular flexibility index (Phi) is 1.83. The first-order valence-corrected chi connectivity index (χ1v) is 3.96. The summed E-state index contributed by atoms with van der Waals surface area (Å²) in [6.45, 7) is 0. The molecule has 0 bridgehead atoms. The fourth-order valence-electron chi connectivity index (χ4n) is 0.974. The topological polar surface area (TPSA) is 41.6 Å². The molecule has 0 atom stereocenters. The largest absolute Gasteiger partial charge is 0.272 e. The zero-order chi connectivity index (χ0) is 8.39. The molecule has 2 aromatic rings. The van der Waals surface area contributed by atoms with Crippen LogP contribution in [0.3, 0.4) is 0 Å². The van der Waals surface area contributed by atoms with Crippen LogP contribution in [0.5, 0.6) is 0 Å². The lowest BCUT2D eigenvalue weighted by Gasteiger charge is -1.91.